The zero-order valence-corrected chi connectivity index (χ0v) is 15.2. The molecule has 3 N–H and O–H groups in total. The zero-order valence-electron chi connectivity index (χ0n) is 13.6. The molecule has 0 spiro atoms. The molecule has 0 fully saturated rings. The van der Waals surface area contributed by atoms with Crippen LogP contribution in [-0.4, -0.2) is 27.9 Å². The highest BCUT2D eigenvalue weighted by Gasteiger charge is 2.06. The van der Waals surface area contributed by atoms with E-state index in [4.69, 9.17) is 28.6 Å². The number of hydrogen-bond donors (Lipinski definition) is 3. The molecule has 6 nitrogen and oxygen atoms in total. The molecule has 0 radical (unpaired) electrons. The molecule has 0 aliphatic heterocycles. The molecule has 25 heavy (non-hydrogen) atoms. The van der Waals surface area contributed by atoms with Crippen LogP contribution in [-0.2, 0) is 0 Å². The van der Waals surface area contributed by atoms with Crippen molar-refractivity contribution < 1.29 is 4.74 Å². The van der Waals surface area contributed by atoms with E-state index in [9.17, 15) is 0 Å². The molecule has 0 atom stereocenters. The van der Waals surface area contributed by atoms with Crippen molar-refractivity contribution in [2.24, 2.45) is 5.10 Å². The molecular formula is C17H16ClN5OS. The smallest absolute Gasteiger partial charge is 0.191 e. The van der Waals surface area contributed by atoms with Crippen LogP contribution in [0.4, 0.5) is 5.69 Å². The Bertz CT molecular complexity index is 953. The van der Waals surface area contributed by atoms with Gasteiger partial charge in [0.15, 0.2) is 10.9 Å². The van der Waals surface area contributed by atoms with E-state index < -0.39 is 0 Å². The second-order valence-corrected chi connectivity index (χ2v) is 6.09. The first-order valence-corrected chi connectivity index (χ1v) is 8.25. The summed E-state index contributed by atoms with van der Waals surface area (Å²) in [6.07, 6.45) is 0. The molecule has 3 aromatic rings. The number of imidazole rings is 1. The topological polar surface area (TPSA) is 74.3 Å². The predicted molar refractivity (Wildman–Crippen MR) is 106 cm³/mol. The number of methoxy groups -OCH3 is 1. The second-order valence-electron chi connectivity index (χ2n) is 5.24. The molecule has 0 bridgehead atoms. The maximum atomic E-state index is 5.98. The lowest BCUT2D eigenvalue weighted by atomic mass is 10.3. The zero-order chi connectivity index (χ0) is 17.8. The van der Waals surface area contributed by atoms with Gasteiger partial charge in [-0.25, -0.2) is 4.98 Å². The molecule has 0 aliphatic rings. The fourth-order valence-corrected chi connectivity index (χ4v) is 2.54. The van der Waals surface area contributed by atoms with Crippen LogP contribution >= 0.6 is 23.8 Å². The number of hydrogen-bond acceptors (Lipinski definition) is 4. The van der Waals surface area contributed by atoms with Gasteiger partial charge in [-0.2, -0.15) is 5.10 Å². The fourth-order valence-electron chi connectivity index (χ4n) is 2.20. The normalized spacial score (nSPS) is 11.4. The average molecular weight is 374 g/mol. The van der Waals surface area contributed by atoms with Crippen molar-refractivity contribution in [1.82, 2.24) is 15.4 Å². The van der Waals surface area contributed by atoms with Crippen molar-refractivity contribution in [3.05, 3.63) is 53.3 Å². The van der Waals surface area contributed by atoms with Gasteiger partial charge >= 0.3 is 0 Å². The molecule has 1 heterocycles. The van der Waals surface area contributed by atoms with E-state index in [1.807, 2.05) is 43.3 Å². The van der Waals surface area contributed by atoms with Crippen molar-refractivity contribution in [3.63, 3.8) is 0 Å². The summed E-state index contributed by atoms with van der Waals surface area (Å²) >= 11 is 11.2. The Morgan fingerprint density at radius 1 is 1.28 bits per heavy atom. The summed E-state index contributed by atoms with van der Waals surface area (Å²) in [5.74, 6) is 1.39. The van der Waals surface area contributed by atoms with E-state index in [0.717, 1.165) is 22.5 Å². The maximum absolute atomic E-state index is 5.98. The highest BCUT2D eigenvalue weighted by Crippen LogP contribution is 2.18. The van der Waals surface area contributed by atoms with Crippen LogP contribution in [0.15, 0.2) is 47.6 Å². The maximum Gasteiger partial charge on any atom is 0.191 e. The number of H-pyrrole nitrogens is 1. The van der Waals surface area contributed by atoms with E-state index in [2.05, 4.69) is 25.8 Å². The van der Waals surface area contributed by atoms with Gasteiger partial charge in [-0.15, -0.1) is 0 Å². The highest BCUT2D eigenvalue weighted by molar-refractivity contribution is 7.80. The molecule has 0 amide bonds. The van der Waals surface area contributed by atoms with Crippen LogP contribution in [0.25, 0.3) is 11.0 Å². The lowest BCUT2D eigenvalue weighted by Crippen LogP contribution is -2.25. The number of anilines is 1. The Morgan fingerprint density at radius 2 is 2.12 bits per heavy atom. The summed E-state index contributed by atoms with van der Waals surface area (Å²) in [4.78, 5) is 7.65. The number of fused-ring (bicyclic) bond motifs is 1. The van der Waals surface area contributed by atoms with Crippen LogP contribution < -0.4 is 15.5 Å². The number of nitrogens with zero attached hydrogens (tertiary/aromatic N) is 2. The third-order valence-electron chi connectivity index (χ3n) is 3.44. The third kappa shape index (κ3) is 4.26. The van der Waals surface area contributed by atoms with Crippen molar-refractivity contribution in [3.8, 4) is 5.75 Å². The number of aromatic amines is 1. The summed E-state index contributed by atoms with van der Waals surface area (Å²) in [6.45, 7) is 1.83. The van der Waals surface area contributed by atoms with Crippen molar-refractivity contribution in [1.29, 1.82) is 0 Å². The molecule has 8 heteroatoms. The minimum Gasteiger partial charge on any atom is -0.497 e. The summed E-state index contributed by atoms with van der Waals surface area (Å²) in [5.41, 5.74) is 5.96. The first-order chi connectivity index (χ1) is 12.0. The minimum atomic E-state index is 0.367. The lowest BCUT2D eigenvalue weighted by molar-refractivity contribution is 0.415. The molecular weight excluding hydrogens is 358 g/mol. The number of nitrogens with one attached hydrogen (secondary N) is 3. The summed E-state index contributed by atoms with van der Waals surface area (Å²) < 4.78 is 5.18. The van der Waals surface area contributed by atoms with Gasteiger partial charge < -0.3 is 15.0 Å². The van der Waals surface area contributed by atoms with Gasteiger partial charge in [-0.1, -0.05) is 17.7 Å². The number of benzene rings is 2. The molecule has 1 aromatic heterocycles. The van der Waals surface area contributed by atoms with E-state index in [1.165, 1.54) is 0 Å². The van der Waals surface area contributed by atoms with Crippen LogP contribution in [0.5, 0.6) is 5.75 Å². The van der Waals surface area contributed by atoms with E-state index in [1.54, 1.807) is 13.2 Å². The molecule has 0 unspecified atom stereocenters. The first-order valence-electron chi connectivity index (χ1n) is 7.46. The van der Waals surface area contributed by atoms with Gasteiger partial charge in [0.2, 0.25) is 0 Å². The number of rotatable bonds is 4. The number of hydrazone groups is 1. The van der Waals surface area contributed by atoms with E-state index in [0.29, 0.717) is 21.7 Å². The second kappa shape index (κ2) is 7.50. The van der Waals surface area contributed by atoms with Gasteiger partial charge in [-0.05, 0) is 49.5 Å². The molecule has 0 saturated carbocycles. The monoisotopic (exact) mass is 373 g/mol. The Balaban J connectivity index is 1.68. The van der Waals surface area contributed by atoms with E-state index >= 15 is 0 Å². The van der Waals surface area contributed by atoms with Gasteiger partial charge in [0.25, 0.3) is 0 Å². The molecule has 0 saturated heterocycles. The summed E-state index contributed by atoms with van der Waals surface area (Å²) in [7, 11) is 1.61. The van der Waals surface area contributed by atoms with Crippen LogP contribution in [0.1, 0.15) is 12.7 Å². The van der Waals surface area contributed by atoms with Gasteiger partial charge in [0, 0.05) is 16.8 Å². The molecule has 2 aromatic carbocycles. The van der Waals surface area contributed by atoms with Crippen molar-refractivity contribution in [2.75, 3.05) is 12.4 Å². The van der Waals surface area contributed by atoms with E-state index in [-0.39, 0.29) is 0 Å². The lowest BCUT2D eigenvalue weighted by Gasteiger charge is -2.08. The van der Waals surface area contributed by atoms with Gasteiger partial charge in [-0.3, -0.25) is 5.43 Å². The number of thiocarbonyl (C=S) groups is 1. The molecule has 3 rings (SSSR count). The fraction of sp³-hybridized carbons (Fsp3) is 0.118. The Kier molecular flexibility index (Phi) is 5.16. The van der Waals surface area contributed by atoms with Gasteiger partial charge in [0.05, 0.1) is 18.1 Å². The molecule has 128 valence electrons. The minimum absolute atomic E-state index is 0.367. The third-order valence-corrected chi connectivity index (χ3v) is 3.87. The largest absolute Gasteiger partial charge is 0.497 e. The summed E-state index contributed by atoms with van der Waals surface area (Å²) in [5, 5.41) is 8.32. The number of ether oxygens (including phenoxy) is 1. The first kappa shape index (κ1) is 17.2. The molecule has 0 aliphatic carbocycles. The average Bonchev–Trinajstić information content (AvgIpc) is 3.03. The van der Waals surface area contributed by atoms with Crippen LogP contribution in [0, 0.1) is 0 Å². The van der Waals surface area contributed by atoms with Gasteiger partial charge in [0.1, 0.15) is 11.5 Å². The number of aromatic nitrogens is 2. The van der Waals surface area contributed by atoms with Crippen molar-refractivity contribution >= 4 is 51.4 Å². The Hall–Kier alpha value is -2.64. The summed E-state index contributed by atoms with van der Waals surface area (Å²) in [6, 6.07) is 12.9. The van der Waals surface area contributed by atoms with Crippen LogP contribution in [0.3, 0.4) is 0 Å². The van der Waals surface area contributed by atoms with Crippen molar-refractivity contribution in [2.45, 2.75) is 6.92 Å². The Morgan fingerprint density at radius 3 is 2.92 bits per heavy atom. The number of halogens is 1. The SMILES string of the molecule is COc1cccc(NC(=S)N/N=C(\C)c2nc3ccc(Cl)cc3[nH]2)c1. The quantitative estimate of drug-likeness (QED) is 0.367. The highest BCUT2D eigenvalue weighted by atomic mass is 35.5. The standard InChI is InChI=1S/C17H16ClN5OS/c1-10(16-20-14-7-6-11(18)8-15(14)21-16)22-23-17(25)19-12-4-3-5-13(9-12)24-2/h3-9H,1-2H3,(H,20,21)(H2,19,23,25)/b22-10+. The predicted octanol–water partition coefficient (Wildman–Crippen LogP) is 3.94. The Labute approximate surface area is 155 Å². The van der Waals surface area contributed by atoms with Crippen LogP contribution in [0.2, 0.25) is 5.02 Å².